The molecule has 11 heteroatoms. The van der Waals surface area contributed by atoms with Gasteiger partial charge in [-0.05, 0) is 60.4 Å². The lowest BCUT2D eigenvalue weighted by atomic mass is 10.0. The van der Waals surface area contributed by atoms with Crippen molar-refractivity contribution < 1.29 is 28.6 Å². The van der Waals surface area contributed by atoms with E-state index in [2.05, 4.69) is 10.6 Å². The maximum atomic E-state index is 13.6. The van der Waals surface area contributed by atoms with Gasteiger partial charge >= 0.3 is 12.0 Å². The maximum Gasteiger partial charge on any atom is 0.317 e. The van der Waals surface area contributed by atoms with Crippen LogP contribution < -0.4 is 20.1 Å². The lowest BCUT2D eigenvalue weighted by Crippen LogP contribution is -2.63. The third-order valence-electron chi connectivity index (χ3n) is 6.63. The minimum Gasteiger partial charge on any atom is -0.466 e. The smallest absolute Gasteiger partial charge is 0.317 e. The number of carbonyl (C=O) groups is 3. The van der Waals surface area contributed by atoms with E-state index in [0.717, 1.165) is 28.9 Å². The molecule has 40 heavy (non-hydrogen) atoms. The minimum absolute atomic E-state index is 0.0853. The van der Waals surface area contributed by atoms with E-state index in [0.29, 0.717) is 36.6 Å². The normalized spacial score (nSPS) is 14.4. The summed E-state index contributed by atoms with van der Waals surface area (Å²) in [5.74, 6) is 0.687. The number of aldehydes is 1. The van der Waals surface area contributed by atoms with Crippen molar-refractivity contribution in [1.29, 1.82) is 0 Å². The van der Waals surface area contributed by atoms with Gasteiger partial charge in [-0.2, -0.15) is 0 Å². The third-order valence-corrected chi connectivity index (χ3v) is 8.36. The molecule has 1 aliphatic rings. The van der Waals surface area contributed by atoms with E-state index in [-0.39, 0.29) is 19.8 Å². The molecule has 0 fully saturated rings. The second-order valence-corrected chi connectivity index (χ2v) is 11.5. The van der Waals surface area contributed by atoms with E-state index in [4.69, 9.17) is 14.2 Å². The first-order valence-corrected chi connectivity index (χ1v) is 15.1. The van der Waals surface area contributed by atoms with E-state index in [1.54, 1.807) is 47.8 Å². The quantitative estimate of drug-likeness (QED) is 0.135. The van der Waals surface area contributed by atoms with Gasteiger partial charge in [0.15, 0.2) is 23.4 Å². The standard InChI is InChI=1S/C29H35N3O6S2/c1-3-5-12-29(19-33,32(17-22-8-6-13-39-22)18-23-9-7-14-40-23)31-28(35)30-24(16-27(34)36-4-2)21-10-11-25-26(15-21)38-20-37-25/h6-11,13-15,19,24H,3-5,12,16-18,20H2,1-2H3,(H2,30,31,35)/t24-,29+/m1/s1. The summed E-state index contributed by atoms with van der Waals surface area (Å²) >= 11 is 3.21. The molecule has 214 valence electrons. The molecule has 9 nitrogen and oxygen atoms in total. The van der Waals surface area contributed by atoms with E-state index >= 15 is 0 Å². The van der Waals surface area contributed by atoms with Gasteiger partial charge in [-0.25, -0.2) is 4.79 Å². The van der Waals surface area contributed by atoms with Crippen molar-refractivity contribution in [2.75, 3.05) is 13.4 Å². The number of nitrogens with one attached hydrogen (secondary N) is 2. The van der Waals surface area contributed by atoms with Crippen LogP contribution in [-0.4, -0.2) is 42.2 Å². The van der Waals surface area contributed by atoms with Gasteiger partial charge < -0.3 is 24.8 Å². The van der Waals surface area contributed by atoms with E-state index < -0.39 is 23.7 Å². The molecule has 0 unspecified atom stereocenters. The molecule has 2 aromatic heterocycles. The van der Waals surface area contributed by atoms with Crippen molar-refractivity contribution in [2.45, 2.75) is 64.3 Å². The van der Waals surface area contributed by atoms with Crippen LogP contribution in [0.3, 0.4) is 0 Å². The Morgan fingerprint density at radius 3 is 2.38 bits per heavy atom. The number of benzene rings is 1. The summed E-state index contributed by atoms with van der Waals surface area (Å²) in [4.78, 5) is 43.2. The number of fused-ring (bicyclic) bond motifs is 1. The highest BCUT2D eigenvalue weighted by atomic mass is 32.1. The van der Waals surface area contributed by atoms with Crippen LogP contribution in [0.1, 0.15) is 60.9 Å². The number of hydrogen-bond donors (Lipinski definition) is 2. The number of urea groups is 1. The fourth-order valence-electron chi connectivity index (χ4n) is 4.59. The Morgan fingerprint density at radius 1 is 1.07 bits per heavy atom. The molecule has 2 atom stereocenters. The molecule has 0 bridgehead atoms. The summed E-state index contributed by atoms with van der Waals surface area (Å²) in [6.45, 7) is 5.10. The molecule has 1 aliphatic heterocycles. The Kier molecular flexibility index (Phi) is 10.6. The number of hydrogen-bond acceptors (Lipinski definition) is 9. The van der Waals surface area contributed by atoms with Crippen LogP contribution in [0.25, 0.3) is 0 Å². The van der Waals surface area contributed by atoms with Crippen molar-refractivity contribution in [3.63, 3.8) is 0 Å². The van der Waals surface area contributed by atoms with Crippen LogP contribution in [0, 0.1) is 0 Å². The van der Waals surface area contributed by atoms with Gasteiger partial charge in [0.05, 0.1) is 19.1 Å². The molecule has 0 saturated carbocycles. The predicted molar refractivity (Wildman–Crippen MR) is 154 cm³/mol. The van der Waals surface area contributed by atoms with Gasteiger partial charge in [-0.15, -0.1) is 22.7 Å². The molecular formula is C29H35N3O6S2. The molecule has 1 aromatic carbocycles. The molecule has 4 rings (SSSR count). The third kappa shape index (κ3) is 7.61. The molecule has 0 spiro atoms. The van der Waals surface area contributed by atoms with Crippen molar-refractivity contribution in [1.82, 2.24) is 15.5 Å². The summed E-state index contributed by atoms with van der Waals surface area (Å²) in [5, 5.41) is 9.93. The Morgan fingerprint density at radius 2 is 1.77 bits per heavy atom. The molecule has 3 heterocycles. The van der Waals surface area contributed by atoms with E-state index in [1.807, 2.05) is 46.8 Å². The lowest BCUT2D eigenvalue weighted by Gasteiger charge is -2.40. The van der Waals surface area contributed by atoms with Gasteiger partial charge in [0, 0.05) is 22.8 Å². The van der Waals surface area contributed by atoms with Gasteiger partial charge in [0.25, 0.3) is 0 Å². The molecule has 3 aromatic rings. The van der Waals surface area contributed by atoms with Crippen LogP contribution in [0.4, 0.5) is 4.79 Å². The summed E-state index contributed by atoms with van der Waals surface area (Å²) in [6.07, 6.45) is 2.78. The molecule has 0 radical (unpaired) electrons. The summed E-state index contributed by atoms with van der Waals surface area (Å²) in [6, 6.07) is 12.0. The van der Waals surface area contributed by atoms with Gasteiger partial charge in [0.2, 0.25) is 6.79 Å². The Bertz CT molecular complexity index is 1210. The summed E-state index contributed by atoms with van der Waals surface area (Å²) in [7, 11) is 0. The molecule has 2 N–H and O–H groups in total. The number of unbranched alkanes of at least 4 members (excludes halogenated alkanes) is 1. The zero-order chi connectivity index (χ0) is 28.4. The molecule has 0 aliphatic carbocycles. The topological polar surface area (TPSA) is 106 Å². The highest BCUT2D eigenvalue weighted by Gasteiger charge is 2.39. The first kappa shape index (κ1) is 29.6. The number of amides is 2. The second-order valence-electron chi connectivity index (χ2n) is 9.43. The zero-order valence-corrected chi connectivity index (χ0v) is 24.4. The number of carbonyl (C=O) groups excluding carboxylic acids is 3. The number of esters is 1. The monoisotopic (exact) mass is 585 g/mol. The van der Waals surface area contributed by atoms with Crippen molar-refractivity contribution in [2.24, 2.45) is 0 Å². The second kappa shape index (κ2) is 14.3. The zero-order valence-electron chi connectivity index (χ0n) is 22.7. The Labute approximate surface area is 242 Å². The first-order valence-electron chi connectivity index (χ1n) is 13.4. The average Bonchev–Trinajstić information content (AvgIpc) is 3.74. The minimum atomic E-state index is -1.27. The van der Waals surface area contributed by atoms with Gasteiger partial charge in [-0.1, -0.05) is 31.5 Å². The SMILES string of the molecule is CCCC[C@](C=O)(NC(=O)N[C@H](CC(=O)OCC)c1ccc2c(c1)OCO2)N(Cc1cccs1)Cc1cccs1. The number of nitrogens with zero attached hydrogens (tertiary/aromatic N) is 1. The first-order chi connectivity index (χ1) is 19.5. The summed E-state index contributed by atoms with van der Waals surface area (Å²) in [5.41, 5.74) is -0.607. The number of ether oxygens (including phenoxy) is 3. The molecule has 2 amide bonds. The number of thiophene rings is 2. The van der Waals surface area contributed by atoms with Crippen LogP contribution >= 0.6 is 22.7 Å². The largest absolute Gasteiger partial charge is 0.466 e. The summed E-state index contributed by atoms with van der Waals surface area (Å²) < 4.78 is 16.1. The van der Waals surface area contributed by atoms with Crippen molar-refractivity contribution in [3.8, 4) is 11.5 Å². The molecule has 0 saturated heterocycles. The fourth-order valence-corrected chi connectivity index (χ4v) is 6.03. The highest BCUT2D eigenvalue weighted by molar-refractivity contribution is 7.10. The predicted octanol–water partition coefficient (Wildman–Crippen LogP) is 5.62. The van der Waals surface area contributed by atoms with Crippen LogP contribution in [0.2, 0.25) is 0 Å². The Balaban J connectivity index is 1.60. The van der Waals surface area contributed by atoms with Crippen LogP contribution in [0.15, 0.2) is 53.2 Å². The van der Waals surface area contributed by atoms with Crippen molar-refractivity contribution in [3.05, 3.63) is 68.5 Å². The Hall–Kier alpha value is -3.41. The van der Waals surface area contributed by atoms with Gasteiger partial charge in [-0.3, -0.25) is 14.5 Å². The lowest BCUT2D eigenvalue weighted by molar-refractivity contribution is -0.143. The van der Waals surface area contributed by atoms with Crippen LogP contribution in [-0.2, 0) is 27.4 Å². The number of rotatable bonds is 15. The average molecular weight is 586 g/mol. The fraction of sp³-hybridized carbons (Fsp3) is 0.414. The highest BCUT2D eigenvalue weighted by Crippen LogP contribution is 2.35. The van der Waals surface area contributed by atoms with E-state index in [1.165, 1.54) is 0 Å². The van der Waals surface area contributed by atoms with E-state index in [9.17, 15) is 14.4 Å². The van der Waals surface area contributed by atoms with Crippen LogP contribution in [0.5, 0.6) is 11.5 Å². The van der Waals surface area contributed by atoms with Crippen molar-refractivity contribution >= 4 is 41.0 Å². The maximum absolute atomic E-state index is 13.6. The van der Waals surface area contributed by atoms with Gasteiger partial charge in [0.1, 0.15) is 0 Å². The molecular weight excluding hydrogens is 550 g/mol.